The van der Waals surface area contributed by atoms with Crippen LogP contribution in [0.5, 0.6) is 0 Å². The summed E-state index contributed by atoms with van der Waals surface area (Å²) in [5.74, 6) is 1.41. The molecule has 0 atom stereocenters. The van der Waals surface area contributed by atoms with Gasteiger partial charge in [0, 0.05) is 33.3 Å². The monoisotopic (exact) mass is 396 g/mol. The first-order valence-corrected chi connectivity index (χ1v) is 11.2. The summed E-state index contributed by atoms with van der Waals surface area (Å²) in [5, 5.41) is 3.19. The summed E-state index contributed by atoms with van der Waals surface area (Å²) in [6, 6.07) is 9.47. The van der Waals surface area contributed by atoms with Crippen LogP contribution in [0.25, 0.3) is 0 Å². The first-order valence-electron chi connectivity index (χ1n) is 9.58. The number of hydrogen-bond acceptors (Lipinski definition) is 4. The van der Waals surface area contributed by atoms with E-state index < -0.39 is 10.0 Å². The third-order valence-corrected chi connectivity index (χ3v) is 5.58. The number of ether oxygens (including phenoxy) is 1. The Morgan fingerprint density at radius 2 is 2.04 bits per heavy atom. The minimum Gasteiger partial charge on any atom is -0.379 e. The Kier molecular flexibility index (Phi) is 9.03. The Hall–Kier alpha value is -1.64. The van der Waals surface area contributed by atoms with Crippen molar-refractivity contribution >= 4 is 16.0 Å². The van der Waals surface area contributed by atoms with Crippen molar-refractivity contribution in [3.05, 3.63) is 35.9 Å². The maximum absolute atomic E-state index is 12.2. The molecule has 2 rings (SSSR count). The Balaban J connectivity index is 1.74. The van der Waals surface area contributed by atoms with Gasteiger partial charge in [-0.05, 0) is 31.2 Å². The molecule has 152 valence electrons. The molecule has 0 saturated heterocycles. The van der Waals surface area contributed by atoms with Crippen LogP contribution >= 0.6 is 0 Å². The van der Waals surface area contributed by atoms with Gasteiger partial charge < -0.3 is 15.0 Å². The maximum atomic E-state index is 12.2. The third kappa shape index (κ3) is 9.21. The van der Waals surface area contributed by atoms with Gasteiger partial charge in [0.15, 0.2) is 5.96 Å². The van der Waals surface area contributed by atoms with Crippen molar-refractivity contribution in [1.29, 1.82) is 0 Å². The smallest absolute Gasteiger partial charge is 0.213 e. The molecule has 2 N–H and O–H groups in total. The van der Waals surface area contributed by atoms with Crippen LogP contribution in [0.2, 0.25) is 0 Å². The van der Waals surface area contributed by atoms with Crippen LogP contribution in [-0.2, 0) is 21.3 Å². The summed E-state index contributed by atoms with van der Waals surface area (Å²) in [7, 11) is -1.43. The Morgan fingerprint density at radius 1 is 1.30 bits per heavy atom. The number of aliphatic imine (C=N–C) groups is 1. The van der Waals surface area contributed by atoms with E-state index in [2.05, 4.69) is 15.0 Å². The van der Waals surface area contributed by atoms with Gasteiger partial charge in [0.05, 0.1) is 18.9 Å². The quantitative estimate of drug-likeness (QED) is 0.317. The van der Waals surface area contributed by atoms with E-state index in [4.69, 9.17) is 4.74 Å². The van der Waals surface area contributed by atoms with Gasteiger partial charge in [-0.25, -0.2) is 13.1 Å². The van der Waals surface area contributed by atoms with Gasteiger partial charge in [-0.1, -0.05) is 30.3 Å². The molecule has 1 fully saturated rings. The van der Waals surface area contributed by atoms with Crippen molar-refractivity contribution in [1.82, 2.24) is 14.9 Å². The number of sulfonamides is 1. The van der Waals surface area contributed by atoms with Gasteiger partial charge in [0.25, 0.3) is 0 Å². The molecule has 7 nitrogen and oxygen atoms in total. The third-order valence-electron chi connectivity index (χ3n) is 4.28. The van der Waals surface area contributed by atoms with Crippen molar-refractivity contribution < 1.29 is 13.2 Å². The zero-order valence-corrected chi connectivity index (χ0v) is 17.2. The zero-order chi connectivity index (χ0) is 19.5. The lowest BCUT2D eigenvalue weighted by atomic mass is 10.2. The van der Waals surface area contributed by atoms with Gasteiger partial charge >= 0.3 is 0 Å². The lowest BCUT2D eigenvalue weighted by Gasteiger charge is -2.22. The molecule has 0 amide bonds. The fraction of sp³-hybridized carbons (Fsp3) is 0.632. The molecule has 0 bridgehead atoms. The highest BCUT2D eigenvalue weighted by atomic mass is 32.2. The van der Waals surface area contributed by atoms with Crippen LogP contribution in [0, 0.1) is 5.92 Å². The minimum absolute atomic E-state index is 0.0409. The minimum atomic E-state index is -3.37. The Bertz CT molecular complexity index is 675. The highest BCUT2D eigenvalue weighted by molar-refractivity contribution is 7.89. The Labute approximate surface area is 163 Å². The lowest BCUT2D eigenvalue weighted by molar-refractivity contribution is 0.115. The molecular weight excluding hydrogens is 364 g/mol. The summed E-state index contributed by atoms with van der Waals surface area (Å²) < 4.78 is 32.6. The van der Waals surface area contributed by atoms with E-state index in [1.54, 1.807) is 0 Å². The standard InChI is InChI=1S/C19H32N4O3S/c1-3-20-19(23(2)12-13-26-16-18-9-10-18)21-11-14-27(24,25)22-15-17-7-5-4-6-8-17/h4-8,18,22H,3,9-16H2,1-2H3,(H,20,21). The van der Waals surface area contributed by atoms with Crippen molar-refractivity contribution in [3.63, 3.8) is 0 Å². The van der Waals surface area contributed by atoms with E-state index >= 15 is 0 Å². The molecule has 0 heterocycles. The second-order valence-corrected chi connectivity index (χ2v) is 8.73. The molecule has 1 saturated carbocycles. The number of hydrogen-bond donors (Lipinski definition) is 2. The average molecular weight is 397 g/mol. The highest BCUT2D eigenvalue weighted by Crippen LogP contribution is 2.28. The summed E-state index contributed by atoms with van der Waals surface area (Å²) in [6.45, 7) is 5.43. The van der Waals surface area contributed by atoms with E-state index in [0.29, 0.717) is 19.1 Å². The summed E-state index contributed by atoms with van der Waals surface area (Å²) >= 11 is 0. The molecule has 1 aromatic carbocycles. The maximum Gasteiger partial charge on any atom is 0.213 e. The lowest BCUT2D eigenvalue weighted by Crippen LogP contribution is -2.41. The van der Waals surface area contributed by atoms with Crippen LogP contribution in [0.4, 0.5) is 0 Å². The van der Waals surface area contributed by atoms with Crippen molar-refractivity contribution in [2.45, 2.75) is 26.3 Å². The molecule has 0 aliphatic heterocycles. The predicted molar refractivity (Wildman–Crippen MR) is 109 cm³/mol. The predicted octanol–water partition coefficient (Wildman–Crippen LogP) is 1.43. The summed E-state index contributed by atoms with van der Waals surface area (Å²) in [6.07, 6.45) is 2.57. The van der Waals surface area contributed by atoms with Gasteiger partial charge in [-0.15, -0.1) is 0 Å². The molecule has 0 spiro atoms. The van der Waals surface area contributed by atoms with E-state index in [0.717, 1.165) is 31.2 Å². The van der Waals surface area contributed by atoms with E-state index in [1.807, 2.05) is 49.2 Å². The fourth-order valence-electron chi connectivity index (χ4n) is 2.44. The number of likely N-dealkylation sites (N-methyl/N-ethyl adjacent to an activating group) is 1. The number of nitrogens with one attached hydrogen (secondary N) is 2. The first kappa shape index (κ1) is 21.7. The largest absolute Gasteiger partial charge is 0.379 e. The normalized spacial score (nSPS) is 15.0. The van der Waals surface area contributed by atoms with Crippen LogP contribution < -0.4 is 10.0 Å². The zero-order valence-electron chi connectivity index (χ0n) is 16.4. The van der Waals surface area contributed by atoms with Gasteiger partial charge in [-0.3, -0.25) is 4.99 Å². The van der Waals surface area contributed by atoms with E-state index in [9.17, 15) is 8.42 Å². The summed E-state index contributed by atoms with van der Waals surface area (Å²) in [5.41, 5.74) is 0.934. The topological polar surface area (TPSA) is 83.0 Å². The number of benzene rings is 1. The van der Waals surface area contributed by atoms with Gasteiger partial charge in [0.2, 0.25) is 10.0 Å². The van der Waals surface area contributed by atoms with E-state index in [1.165, 1.54) is 12.8 Å². The summed E-state index contributed by atoms with van der Waals surface area (Å²) in [4.78, 5) is 6.41. The molecule has 8 heteroatoms. The average Bonchev–Trinajstić information content (AvgIpc) is 3.48. The SMILES string of the molecule is CCNC(=NCCS(=O)(=O)NCc1ccccc1)N(C)CCOCC1CC1. The molecule has 1 aromatic rings. The molecule has 1 aliphatic carbocycles. The molecule has 0 aromatic heterocycles. The van der Waals surface area contributed by atoms with Crippen molar-refractivity contribution in [2.75, 3.05) is 45.6 Å². The Morgan fingerprint density at radius 3 is 2.70 bits per heavy atom. The van der Waals surface area contributed by atoms with E-state index in [-0.39, 0.29) is 12.3 Å². The van der Waals surface area contributed by atoms with Crippen LogP contribution in [0.3, 0.4) is 0 Å². The molecule has 1 aliphatic rings. The van der Waals surface area contributed by atoms with Gasteiger partial charge in [-0.2, -0.15) is 0 Å². The van der Waals surface area contributed by atoms with Crippen LogP contribution in [-0.4, -0.2) is 64.9 Å². The fourth-order valence-corrected chi connectivity index (χ4v) is 3.31. The molecule has 0 radical (unpaired) electrons. The second-order valence-electron chi connectivity index (χ2n) is 6.80. The molecular formula is C19H32N4O3S. The first-order chi connectivity index (χ1) is 13.0. The number of rotatable bonds is 12. The number of nitrogens with zero attached hydrogens (tertiary/aromatic N) is 2. The molecule has 27 heavy (non-hydrogen) atoms. The van der Waals surface area contributed by atoms with Crippen molar-refractivity contribution in [3.8, 4) is 0 Å². The molecule has 0 unspecified atom stereocenters. The van der Waals surface area contributed by atoms with Gasteiger partial charge in [0.1, 0.15) is 0 Å². The number of guanidine groups is 1. The van der Waals surface area contributed by atoms with Crippen LogP contribution in [0.1, 0.15) is 25.3 Å². The van der Waals surface area contributed by atoms with Crippen LogP contribution in [0.15, 0.2) is 35.3 Å². The second kappa shape index (κ2) is 11.3. The highest BCUT2D eigenvalue weighted by Gasteiger charge is 2.21. The van der Waals surface area contributed by atoms with Crippen molar-refractivity contribution in [2.24, 2.45) is 10.9 Å².